The van der Waals surface area contributed by atoms with Gasteiger partial charge in [0.05, 0.1) is 0 Å². The molecular weight excluding hydrogens is 256 g/mol. The largest absolute Gasteiger partial charge is 0.355 e. The minimum absolute atomic E-state index is 0.571. The average Bonchev–Trinajstić information content (AvgIpc) is 2.47. The molecule has 0 atom stereocenters. The van der Waals surface area contributed by atoms with Crippen molar-refractivity contribution in [2.75, 3.05) is 18.2 Å². The van der Waals surface area contributed by atoms with Gasteiger partial charge in [-0.1, -0.05) is 24.3 Å². The van der Waals surface area contributed by atoms with Crippen LogP contribution in [0.1, 0.15) is 11.1 Å². The third kappa shape index (κ3) is 3.68. The minimum Gasteiger partial charge on any atom is -0.355 e. The van der Waals surface area contributed by atoms with E-state index < -0.39 is 0 Å². The number of benzene rings is 1. The van der Waals surface area contributed by atoms with Crippen LogP contribution < -0.4 is 10.6 Å². The number of hydrogen-bond acceptors (Lipinski definition) is 5. The van der Waals surface area contributed by atoms with Gasteiger partial charge in [0.2, 0.25) is 0 Å². The summed E-state index contributed by atoms with van der Waals surface area (Å²) in [7, 11) is 2.03. The summed E-state index contributed by atoms with van der Waals surface area (Å²) in [5.74, 6) is 0.928. The molecule has 0 aliphatic heterocycles. The molecule has 0 spiro atoms. The molecule has 1 aromatic heterocycles. The lowest BCUT2D eigenvalue weighted by molar-refractivity contribution is 0.875. The Morgan fingerprint density at radius 2 is 2.00 bits per heavy atom. The highest BCUT2D eigenvalue weighted by molar-refractivity contribution is 7.98. The van der Waals surface area contributed by atoms with E-state index in [4.69, 9.17) is 5.73 Å². The fraction of sp³-hybridized carbons (Fsp3) is 0.286. The Balaban J connectivity index is 2.13. The zero-order valence-electron chi connectivity index (χ0n) is 11.2. The lowest BCUT2D eigenvalue weighted by Crippen LogP contribution is -2.18. The molecule has 0 fully saturated rings. The second-order valence-electron chi connectivity index (χ2n) is 4.30. The molecule has 2 N–H and O–H groups in total. The van der Waals surface area contributed by atoms with Crippen LogP contribution in [0.25, 0.3) is 0 Å². The lowest BCUT2D eigenvalue weighted by Gasteiger charge is -2.18. The van der Waals surface area contributed by atoms with Gasteiger partial charge in [0.15, 0.2) is 0 Å². The smallest absolute Gasteiger partial charge is 0.133 e. The molecule has 0 saturated heterocycles. The second kappa shape index (κ2) is 6.54. The van der Waals surface area contributed by atoms with Crippen LogP contribution in [0.4, 0.5) is 5.82 Å². The van der Waals surface area contributed by atoms with Gasteiger partial charge in [-0.2, -0.15) is 0 Å². The van der Waals surface area contributed by atoms with Gasteiger partial charge in [-0.3, -0.25) is 0 Å². The van der Waals surface area contributed by atoms with Gasteiger partial charge in [-0.25, -0.2) is 9.97 Å². The molecular formula is C14H18N4S. The molecule has 2 rings (SSSR count). The van der Waals surface area contributed by atoms with Gasteiger partial charge in [-0.15, -0.1) is 11.8 Å². The van der Waals surface area contributed by atoms with Crippen molar-refractivity contribution in [3.63, 3.8) is 0 Å². The summed E-state index contributed by atoms with van der Waals surface area (Å²) in [6, 6.07) is 10.3. The summed E-state index contributed by atoms with van der Waals surface area (Å²) in [4.78, 5) is 10.6. The molecule has 0 amide bonds. The van der Waals surface area contributed by atoms with Crippen molar-refractivity contribution < 1.29 is 0 Å². The summed E-state index contributed by atoms with van der Waals surface area (Å²) < 4.78 is 0. The van der Waals surface area contributed by atoms with E-state index >= 15 is 0 Å². The normalized spacial score (nSPS) is 10.5. The van der Waals surface area contributed by atoms with Gasteiger partial charge in [0.25, 0.3) is 0 Å². The van der Waals surface area contributed by atoms with Gasteiger partial charge >= 0.3 is 0 Å². The van der Waals surface area contributed by atoms with Crippen LogP contribution >= 0.6 is 11.8 Å². The monoisotopic (exact) mass is 274 g/mol. The van der Waals surface area contributed by atoms with Crippen molar-refractivity contribution in [2.45, 2.75) is 18.1 Å². The average molecular weight is 274 g/mol. The number of aromatic nitrogens is 2. The van der Waals surface area contributed by atoms with E-state index in [-0.39, 0.29) is 0 Å². The van der Waals surface area contributed by atoms with E-state index in [9.17, 15) is 0 Å². The van der Waals surface area contributed by atoms with E-state index in [1.54, 1.807) is 18.1 Å². The summed E-state index contributed by atoms with van der Waals surface area (Å²) in [5.41, 5.74) is 8.04. The Hall–Kier alpha value is -1.59. The molecule has 0 unspecified atom stereocenters. The number of nitrogens with two attached hydrogens (primary N) is 1. The summed E-state index contributed by atoms with van der Waals surface area (Å²) >= 11 is 1.62. The van der Waals surface area contributed by atoms with Crippen LogP contribution in [0.2, 0.25) is 0 Å². The fourth-order valence-corrected chi connectivity index (χ4v) is 2.24. The first-order chi connectivity index (χ1) is 9.22. The van der Waals surface area contributed by atoms with Crippen LogP contribution in [0, 0.1) is 0 Å². The molecule has 0 aliphatic rings. The van der Waals surface area contributed by atoms with Gasteiger partial charge in [0.1, 0.15) is 17.2 Å². The molecule has 100 valence electrons. The number of anilines is 1. The first-order valence-electron chi connectivity index (χ1n) is 6.08. The predicted molar refractivity (Wildman–Crippen MR) is 80.3 cm³/mol. The highest BCUT2D eigenvalue weighted by Gasteiger charge is 2.05. The van der Waals surface area contributed by atoms with E-state index in [1.165, 1.54) is 5.56 Å². The maximum absolute atomic E-state index is 5.66. The Morgan fingerprint density at radius 3 is 2.74 bits per heavy atom. The van der Waals surface area contributed by atoms with Crippen molar-refractivity contribution in [2.24, 2.45) is 5.73 Å². The number of thioether (sulfide) groups is 1. The number of nitrogens with zero attached hydrogens (tertiary/aromatic N) is 3. The summed E-state index contributed by atoms with van der Waals surface area (Å²) in [5, 5.41) is 0.979. The van der Waals surface area contributed by atoms with Crippen LogP contribution in [-0.4, -0.2) is 23.3 Å². The van der Waals surface area contributed by atoms with Gasteiger partial charge in [0, 0.05) is 26.2 Å². The topological polar surface area (TPSA) is 55.0 Å². The number of rotatable bonds is 5. The van der Waals surface area contributed by atoms with E-state index in [1.807, 2.05) is 31.5 Å². The predicted octanol–water partition coefficient (Wildman–Crippen LogP) is 2.29. The van der Waals surface area contributed by atoms with E-state index in [2.05, 4.69) is 27.0 Å². The Morgan fingerprint density at radius 1 is 1.21 bits per heavy atom. The highest BCUT2D eigenvalue weighted by atomic mass is 32.2. The summed E-state index contributed by atoms with van der Waals surface area (Å²) in [6.45, 7) is 1.38. The third-order valence-electron chi connectivity index (χ3n) is 2.87. The van der Waals surface area contributed by atoms with Crippen molar-refractivity contribution in [3.05, 3.63) is 47.8 Å². The van der Waals surface area contributed by atoms with Crippen molar-refractivity contribution in [3.8, 4) is 0 Å². The molecule has 19 heavy (non-hydrogen) atoms. The molecule has 2 aromatic rings. The SMILES string of the molecule is CSc1cc(N(C)Cc2cccc(CN)c2)ncn1. The van der Waals surface area contributed by atoms with Crippen molar-refractivity contribution >= 4 is 17.6 Å². The van der Waals surface area contributed by atoms with Gasteiger partial charge in [-0.05, 0) is 17.4 Å². The highest BCUT2D eigenvalue weighted by Crippen LogP contribution is 2.18. The van der Waals surface area contributed by atoms with Crippen LogP contribution in [0.15, 0.2) is 41.7 Å². The quantitative estimate of drug-likeness (QED) is 0.669. The molecule has 5 heteroatoms. The standard InChI is InChI=1S/C14H18N4S/c1-18(13-7-14(19-2)17-10-16-13)9-12-5-3-4-11(6-12)8-15/h3-7,10H,8-9,15H2,1-2H3. The molecule has 0 saturated carbocycles. The first-order valence-corrected chi connectivity index (χ1v) is 7.30. The fourth-order valence-electron chi connectivity index (χ4n) is 1.86. The maximum Gasteiger partial charge on any atom is 0.133 e. The zero-order valence-corrected chi connectivity index (χ0v) is 12.0. The van der Waals surface area contributed by atoms with Crippen molar-refractivity contribution in [1.82, 2.24) is 9.97 Å². The molecule has 1 aromatic carbocycles. The summed E-state index contributed by atoms with van der Waals surface area (Å²) in [6.07, 6.45) is 3.62. The van der Waals surface area contributed by atoms with E-state index in [0.29, 0.717) is 6.54 Å². The third-order valence-corrected chi connectivity index (χ3v) is 3.52. The van der Waals surface area contributed by atoms with E-state index in [0.717, 1.165) is 23.0 Å². The Labute approximate surface area is 118 Å². The maximum atomic E-state index is 5.66. The zero-order chi connectivity index (χ0) is 13.7. The van der Waals surface area contributed by atoms with Gasteiger partial charge < -0.3 is 10.6 Å². The molecule has 1 heterocycles. The Kier molecular flexibility index (Phi) is 4.76. The molecule has 0 aliphatic carbocycles. The van der Waals surface area contributed by atoms with Crippen LogP contribution in [-0.2, 0) is 13.1 Å². The van der Waals surface area contributed by atoms with Crippen molar-refractivity contribution in [1.29, 1.82) is 0 Å². The molecule has 4 nitrogen and oxygen atoms in total. The first kappa shape index (κ1) is 13.8. The Bertz CT molecular complexity index is 544. The second-order valence-corrected chi connectivity index (χ2v) is 5.13. The molecule has 0 radical (unpaired) electrons. The molecule has 0 bridgehead atoms. The minimum atomic E-state index is 0.571. The van der Waals surface area contributed by atoms with Crippen LogP contribution in [0.3, 0.4) is 0 Å². The van der Waals surface area contributed by atoms with Crippen LogP contribution in [0.5, 0.6) is 0 Å². The number of hydrogen-bond donors (Lipinski definition) is 1. The lowest BCUT2D eigenvalue weighted by atomic mass is 10.1.